The fourth-order valence-electron chi connectivity index (χ4n) is 4.12. The van der Waals surface area contributed by atoms with Gasteiger partial charge in [0.15, 0.2) is 5.65 Å². The molecule has 4 heterocycles. The van der Waals surface area contributed by atoms with E-state index in [1.807, 2.05) is 12.1 Å². The van der Waals surface area contributed by atoms with Gasteiger partial charge in [0.25, 0.3) is 0 Å². The molecular weight excluding hydrogens is 404 g/mol. The van der Waals surface area contributed by atoms with Crippen LogP contribution in [0.3, 0.4) is 0 Å². The first-order valence-electron chi connectivity index (χ1n) is 10.8. The van der Waals surface area contributed by atoms with Crippen molar-refractivity contribution in [2.75, 3.05) is 18.4 Å². The molecule has 1 saturated heterocycles. The van der Waals surface area contributed by atoms with Crippen molar-refractivity contribution in [3.05, 3.63) is 77.0 Å². The van der Waals surface area contributed by atoms with E-state index in [0.29, 0.717) is 21.6 Å². The first-order valence-corrected chi connectivity index (χ1v) is 10.8. The molecule has 2 N–H and O–H groups in total. The monoisotopic (exact) mass is 428 g/mol. The number of piperidine rings is 1. The van der Waals surface area contributed by atoms with Crippen molar-refractivity contribution in [1.82, 2.24) is 24.6 Å². The summed E-state index contributed by atoms with van der Waals surface area (Å²) in [6.07, 6.45) is 7.11. The van der Waals surface area contributed by atoms with Crippen LogP contribution in [0.15, 0.2) is 65.7 Å². The largest absolute Gasteiger partial charge is 0.422 e. The topological polar surface area (TPSA) is 96.2 Å². The lowest BCUT2D eigenvalue weighted by Crippen LogP contribution is -2.29. The Labute approximate surface area is 185 Å². The standard InChI is InChI=1S/C24H24N6O2/c31-24-28-22(20-8-5-11-25-23(20)30(24)32)27-19-9-10-21(26-15-19)18-7-4-6-17(14-18)16-29-12-2-1-3-13-29/h4-11,14-15,32H,1-3,12-13,16H2,(H,27,28,31). The molecule has 0 unspecified atom stereocenters. The van der Waals surface area contributed by atoms with E-state index in [0.717, 1.165) is 17.8 Å². The Kier molecular flexibility index (Phi) is 5.51. The van der Waals surface area contributed by atoms with Crippen LogP contribution in [0.1, 0.15) is 24.8 Å². The van der Waals surface area contributed by atoms with E-state index < -0.39 is 5.69 Å². The maximum Gasteiger partial charge on any atom is 0.384 e. The summed E-state index contributed by atoms with van der Waals surface area (Å²) in [6.45, 7) is 3.31. The predicted octanol–water partition coefficient (Wildman–Crippen LogP) is 3.82. The van der Waals surface area contributed by atoms with Crippen LogP contribution in [0, 0.1) is 0 Å². The summed E-state index contributed by atoms with van der Waals surface area (Å²) in [7, 11) is 0. The van der Waals surface area contributed by atoms with E-state index in [-0.39, 0.29) is 5.65 Å². The van der Waals surface area contributed by atoms with Crippen molar-refractivity contribution in [2.45, 2.75) is 25.8 Å². The number of likely N-dealkylation sites (tertiary alicyclic amines) is 1. The van der Waals surface area contributed by atoms with Crippen molar-refractivity contribution in [2.24, 2.45) is 0 Å². The Balaban J connectivity index is 1.36. The highest BCUT2D eigenvalue weighted by atomic mass is 16.5. The van der Waals surface area contributed by atoms with Crippen LogP contribution < -0.4 is 11.0 Å². The molecule has 8 heteroatoms. The number of rotatable bonds is 5. The Hall–Kier alpha value is -3.78. The number of anilines is 2. The SMILES string of the molecule is O=c1nc(Nc2ccc(-c3cccc(CN4CCCCC4)c3)nc2)c2cccnc2n1O. The van der Waals surface area contributed by atoms with Gasteiger partial charge in [-0.05, 0) is 61.8 Å². The van der Waals surface area contributed by atoms with E-state index in [4.69, 9.17) is 0 Å². The summed E-state index contributed by atoms with van der Waals surface area (Å²) in [5.41, 5.74) is 3.27. The normalized spacial score (nSPS) is 14.5. The molecule has 0 amide bonds. The van der Waals surface area contributed by atoms with Crippen LogP contribution in [-0.2, 0) is 6.54 Å². The molecule has 1 aromatic carbocycles. The van der Waals surface area contributed by atoms with Gasteiger partial charge in [-0.15, -0.1) is 4.73 Å². The van der Waals surface area contributed by atoms with Crippen LogP contribution >= 0.6 is 0 Å². The maximum atomic E-state index is 12.0. The summed E-state index contributed by atoms with van der Waals surface area (Å²) in [4.78, 5) is 27.1. The molecule has 1 aliphatic rings. The molecule has 1 aliphatic heterocycles. The molecule has 4 aromatic rings. The van der Waals surface area contributed by atoms with Gasteiger partial charge in [-0.2, -0.15) is 4.98 Å². The van der Waals surface area contributed by atoms with Gasteiger partial charge in [0.1, 0.15) is 5.82 Å². The molecular formula is C24H24N6O2. The van der Waals surface area contributed by atoms with Crippen LogP contribution in [0.25, 0.3) is 22.3 Å². The summed E-state index contributed by atoms with van der Waals surface area (Å²) < 4.78 is 0.443. The number of nitrogens with one attached hydrogen (secondary N) is 1. The number of hydrogen-bond donors (Lipinski definition) is 2. The van der Waals surface area contributed by atoms with E-state index >= 15 is 0 Å². The third kappa shape index (κ3) is 4.17. The van der Waals surface area contributed by atoms with Gasteiger partial charge in [0.05, 0.1) is 23.0 Å². The lowest BCUT2D eigenvalue weighted by atomic mass is 10.1. The van der Waals surface area contributed by atoms with Crippen LogP contribution in [0.4, 0.5) is 11.5 Å². The van der Waals surface area contributed by atoms with Crippen molar-refractivity contribution in [1.29, 1.82) is 0 Å². The Morgan fingerprint density at radius 1 is 1.00 bits per heavy atom. The van der Waals surface area contributed by atoms with Gasteiger partial charge in [0.2, 0.25) is 0 Å². The molecule has 162 valence electrons. The third-order valence-corrected chi connectivity index (χ3v) is 5.73. The Morgan fingerprint density at radius 3 is 2.69 bits per heavy atom. The molecule has 0 aliphatic carbocycles. The third-order valence-electron chi connectivity index (χ3n) is 5.73. The van der Waals surface area contributed by atoms with E-state index in [9.17, 15) is 10.0 Å². The van der Waals surface area contributed by atoms with Crippen molar-refractivity contribution >= 4 is 22.5 Å². The van der Waals surface area contributed by atoms with E-state index in [2.05, 4.69) is 49.4 Å². The quantitative estimate of drug-likeness (QED) is 0.467. The van der Waals surface area contributed by atoms with E-state index in [1.54, 1.807) is 18.3 Å². The zero-order valence-electron chi connectivity index (χ0n) is 17.6. The van der Waals surface area contributed by atoms with Gasteiger partial charge >= 0.3 is 5.69 Å². The molecule has 8 nitrogen and oxygen atoms in total. The average molecular weight is 428 g/mol. The molecule has 1 fully saturated rings. The zero-order chi connectivity index (χ0) is 21.9. The van der Waals surface area contributed by atoms with Gasteiger partial charge in [-0.25, -0.2) is 9.78 Å². The Bertz CT molecular complexity index is 1300. The smallest absolute Gasteiger partial charge is 0.384 e. The lowest BCUT2D eigenvalue weighted by Gasteiger charge is -2.26. The molecule has 32 heavy (non-hydrogen) atoms. The van der Waals surface area contributed by atoms with Crippen molar-refractivity contribution in [3.8, 4) is 11.3 Å². The Morgan fingerprint density at radius 2 is 1.88 bits per heavy atom. The van der Waals surface area contributed by atoms with E-state index in [1.165, 1.54) is 44.1 Å². The second kappa shape index (κ2) is 8.76. The first-order chi connectivity index (χ1) is 15.7. The minimum atomic E-state index is -0.797. The number of fused-ring (bicyclic) bond motifs is 1. The minimum Gasteiger partial charge on any atom is -0.422 e. The number of nitrogens with zero attached hydrogens (tertiary/aromatic N) is 5. The molecule has 0 saturated carbocycles. The molecule has 0 bridgehead atoms. The predicted molar refractivity (Wildman–Crippen MR) is 123 cm³/mol. The van der Waals surface area contributed by atoms with Crippen LogP contribution in [0.2, 0.25) is 0 Å². The summed E-state index contributed by atoms with van der Waals surface area (Å²) in [5, 5.41) is 13.5. The molecule has 3 aromatic heterocycles. The molecule has 0 spiro atoms. The fraction of sp³-hybridized carbons (Fsp3) is 0.250. The second-order valence-electron chi connectivity index (χ2n) is 8.02. The summed E-state index contributed by atoms with van der Waals surface area (Å²) in [5.74, 6) is 0.321. The second-order valence-corrected chi connectivity index (χ2v) is 8.02. The first kappa shape index (κ1) is 20.1. The highest BCUT2D eigenvalue weighted by Crippen LogP contribution is 2.24. The minimum absolute atomic E-state index is 0.144. The highest BCUT2D eigenvalue weighted by molar-refractivity contribution is 5.88. The van der Waals surface area contributed by atoms with Gasteiger partial charge in [-0.1, -0.05) is 24.6 Å². The average Bonchev–Trinajstić information content (AvgIpc) is 2.84. The lowest BCUT2D eigenvalue weighted by molar-refractivity contribution is 0.182. The fourth-order valence-corrected chi connectivity index (χ4v) is 4.12. The van der Waals surface area contributed by atoms with Gasteiger partial charge < -0.3 is 10.5 Å². The molecule has 5 rings (SSSR count). The summed E-state index contributed by atoms with van der Waals surface area (Å²) in [6, 6.07) is 15.8. The number of aromatic nitrogens is 4. The summed E-state index contributed by atoms with van der Waals surface area (Å²) >= 11 is 0. The van der Waals surface area contributed by atoms with Crippen LogP contribution in [0.5, 0.6) is 0 Å². The highest BCUT2D eigenvalue weighted by Gasteiger charge is 2.12. The van der Waals surface area contributed by atoms with Gasteiger partial charge in [-0.3, -0.25) is 9.88 Å². The van der Waals surface area contributed by atoms with Gasteiger partial charge in [0, 0.05) is 18.3 Å². The van der Waals surface area contributed by atoms with Crippen molar-refractivity contribution < 1.29 is 5.21 Å². The molecule has 0 radical (unpaired) electrons. The number of pyridine rings is 2. The zero-order valence-corrected chi connectivity index (χ0v) is 17.6. The van der Waals surface area contributed by atoms with Crippen molar-refractivity contribution in [3.63, 3.8) is 0 Å². The number of benzene rings is 1. The number of hydrogen-bond acceptors (Lipinski definition) is 7. The molecule has 0 atom stereocenters. The maximum absolute atomic E-state index is 12.0. The van der Waals surface area contributed by atoms with Crippen LogP contribution in [-0.4, -0.2) is 42.9 Å².